The Kier molecular flexibility index (Phi) is 4.48. The van der Waals surface area contributed by atoms with Gasteiger partial charge >= 0.3 is 0 Å². The van der Waals surface area contributed by atoms with E-state index in [-0.39, 0.29) is 5.91 Å². The van der Waals surface area contributed by atoms with Crippen molar-refractivity contribution in [3.8, 4) is 0 Å². The topological polar surface area (TPSA) is 72.2 Å². The van der Waals surface area contributed by atoms with Crippen LogP contribution < -0.4 is 11.1 Å². The van der Waals surface area contributed by atoms with E-state index in [2.05, 4.69) is 5.32 Å². The summed E-state index contributed by atoms with van der Waals surface area (Å²) in [6.07, 6.45) is 0.415. The monoisotopic (exact) mass is 248 g/mol. The van der Waals surface area contributed by atoms with Crippen LogP contribution in [0.3, 0.4) is 0 Å². The molecule has 18 heavy (non-hydrogen) atoms. The smallest absolute Gasteiger partial charge is 0.240 e. The van der Waals surface area contributed by atoms with Crippen molar-refractivity contribution in [1.82, 2.24) is 5.32 Å². The van der Waals surface area contributed by atoms with Gasteiger partial charge in [0.25, 0.3) is 0 Å². The highest BCUT2D eigenvalue weighted by atomic mass is 16.2. The van der Waals surface area contributed by atoms with Crippen LogP contribution in [0.5, 0.6) is 0 Å². The minimum Gasteiger partial charge on any atom is -0.368 e. The van der Waals surface area contributed by atoms with E-state index in [1.807, 2.05) is 30.3 Å². The van der Waals surface area contributed by atoms with Gasteiger partial charge in [-0.15, -0.1) is 0 Å². The predicted molar refractivity (Wildman–Crippen MR) is 70.7 cm³/mol. The Morgan fingerprint density at radius 1 is 1.22 bits per heavy atom. The molecular formula is C14H20N2O2. The van der Waals surface area contributed by atoms with E-state index >= 15 is 0 Å². The van der Waals surface area contributed by atoms with Crippen LogP contribution in [-0.4, -0.2) is 17.9 Å². The van der Waals surface area contributed by atoms with Crippen LogP contribution in [0.2, 0.25) is 0 Å². The van der Waals surface area contributed by atoms with Gasteiger partial charge in [-0.2, -0.15) is 0 Å². The SMILES string of the molecule is CC(C)(C)C(=O)N[C@@H](Cc1ccccc1)C(N)=O. The fraction of sp³-hybridized carbons (Fsp3) is 0.429. The molecule has 0 aliphatic rings. The molecule has 4 heteroatoms. The van der Waals surface area contributed by atoms with Gasteiger partial charge in [0.1, 0.15) is 6.04 Å². The van der Waals surface area contributed by atoms with Gasteiger partial charge in [-0.1, -0.05) is 51.1 Å². The van der Waals surface area contributed by atoms with E-state index < -0.39 is 17.4 Å². The number of carbonyl (C=O) groups excluding carboxylic acids is 2. The quantitative estimate of drug-likeness (QED) is 0.841. The summed E-state index contributed by atoms with van der Waals surface area (Å²) in [6, 6.07) is 8.81. The van der Waals surface area contributed by atoms with Crippen molar-refractivity contribution in [2.24, 2.45) is 11.1 Å². The number of primary amides is 1. The molecule has 1 aromatic carbocycles. The standard InChI is InChI=1S/C14H20N2O2/c1-14(2,3)13(18)16-11(12(15)17)9-10-7-5-4-6-8-10/h4-8,11H,9H2,1-3H3,(H2,15,17)(H,16,18)/t11-/m0/s1. The Morgan fingerprint density at radius 2 is 1.78 bits per heavy atom. The van der Waals surface area contributed by atoms with Crippen molar-refractivity contribution in [1.29, 1.82) is 0 Å². The predicted octanol–water partition coefficient (Wildman–Crippen LogP) is 1.25. The van der Waals surface area contributed by atoms with E-state index in [4.69, 9.17) is 5.73 Å². The normalized spacial score (nSPS) is 12.8. The molecule has 0 saturated carbocycles. The van der Waals surface area contributed by atoms with Crippen molar-refractivity contribution in [3.63, 3.8) is 0 Å². The summed E-state index contributed by atoms with van der Waals surface area (Å²) >= 11 is 0. The van der Waals surface area contributed by atoms with E-state index in [1.165, 1.54) is 0 Å². The van der Waals surface area contributed by atoms with Crippen molar-refractivity contribution in [2.75, 3.05) is 0 Å². The Bertz CT molecular complexity index is 421. The molecule has 3 N–H and O–H groups in total. The highest BCUT2D eigenvalue weighted by Crippen LogP contribution is 2.13. The third-order valence-electron chi connectivity index (χ3n) is 2.61. The summed E-state index contributed by atoms with van der Waals surface area (Å²) in [6.45, 7) is 5.38. The first-order valence-electron chi connectivity index (χ1n) is 5.95. The molecule has 0 aliphatic carbocycles. The third-order valence-corrected chi connectivity index (χ3v) is 2.61. The zero-order chi connectivity index (χ0) is 13.8. The van der Waals surface area contributed by atoms with Crippen LogP contribution in [0.1, 0.15) is 26.3 Å². The molecule has 0 saturated heterocycles. The number of hydrogen-bond acceptors (Lipinski definition) is 2. The van der Waals surface area contributed by atoms with Crippen molar-refractivity contribution >= 4 is 11.8 Å². The van der Waals surface area contributed by atoms with Crippen LogP contribution in [0.15, 0.2) is 30.3 Å². The van der Waals surface area contributed by atoms with Crippen LogP contribution in [0.25, 0.3) is 0 Å². The second kappa shape index (κ2) is 5.67. The number of rotatable bonds is 4. The summed E-state index contributed by atoms with van der Waals surface area (Å²) in [5.74, 6) is -0.696. The zero-order valence-corrected chi connectivity index (χ0v) is 11.1. The summed E-state index contributed by atoms with van der Waals surface area (Å²) in [5, 5.41) is 2.69. The lowest BCUT2D eigenvalue weighted by molar-refractivity contribution is -0.132. The van der Waals surface area contributed by atoms with E-state index in [9.17, 15) is 9.59 Å². The number of hydrogen-bond donors (Lipinski definition) is 2. The number of nitrogens with two attached hydrogens (primary N) is 1. The Balaban J connectivity index is 2.73. The third kappa shape index (κ3) is 4.20. The minimum atomic E-state index is -0.667. The van der Waals surface area contributed by atoms with Crippen molar-refractivity contribution < 1.29 is 9.59 Å². The van der Waals surface area contributed by atoms with Crippen LogP contribution in [0, 0.1) is 5.41 Å². The number of carbonyl (C=O) groups is 2. The Hall–Kier alpha value is -1.84. The molecule has 2 amide bonds. The van der Waals surface area contributed by atoms with E-state index in [1.54, 1.807) is 20.8 Å². The van der Waals surface area contributed by atoms with Gasteiger partial charge in [0, 0.05) is 11.8 Å². The summed E-state index contributed by atoms with van der Waals surface area (Å²) in [7, 11) is 0. The van der Waals surface area contributed by atoms with Crippen LogP contribution in [-0.2, 0) is 16.0 Å². The molecule has 0 aromatic heterocycles. The second-order valence-electron chi connectivity index (χ2n) is 5.37. The summed E-state index contributed by atoms with van der Waals surface area (Å²) < 4.78 is 0. The Labute approximate surface area is 108 Å². The number of benzene rings is 1. The molecule has 0 heterocycles. The number of nitrogens with one attached hydrogen (secondary N) is 1. The first-order valence-corrected chi connectivity index (χ1v) is 5.95. The van der Waals surface area contributed by atoms with Crippen molar-refractivity contribution in [3.05, 3.63) is 35.9 Å². The van der Waals surface area contributed by atoms with Gasteiger partial charge in [-0.05, 0) is 5.56 Å². The molecule has 1 rings (SSSR count). The van der Waals surface area contributed by atoms with Gasteiger partial charge < -0.3 is 11.1 Å². The number of amides is 2. The second-order valence-corrected chi connectivity index (χ2v) is 5.37. The molecule has 4 nitrogen and oxygen atoms in total. The maximum Gasteiger partial charge on any atom is 0.240 e. The molecule has 0 radical (unpaired) electrons. The average Bonchev–Trinajstić information content (AvgIpc) is 2.28. The molecular weight excluding hydrogens is 228 g/mol. The molecule has 0 aliphatic heterocycles. The highest BCUT2D eigenvalue weighted by molar-refractivity contribution is 5.89. The van der Waals surface area contributed by atoms with Gasteiger partial charge in [0.05, 0.1) is 0 Å². The molecule has 98 valence electrons. The molecule has 1 aromatic rings. The van der Waals surface area contributed by atoms with Gasteiger partial charge in [0.15, 0.2) is 0 Å². The fourth-order valence-corrected chi connectivity index (χ4v) is 1.45. The van der Waals surface area contributed by atoms with Crippen LogP contribution in [0.4, 0.5) is 0 Å². The molecule has 0 bridgehead atoms. The fourth-order valence-electron chi connectivity index (χ4n) is 1.45. The Morgan fingerprint density at radius 3 is 2.22 bits per heavy atom. The first kappa shape index (κ1) is 14.2. The summed E-state index contributed by atoms with van der Waals surface area (Å²) in [5.41, 5.74) is 5.75. The lowest BCUT2D eigenvalue weighted by atomic mass is 9.94. The van der Waals surface area contributed by atoms with Crippen molar-refractivity contribution in [2.45, 2.75) is 33.2 Å². The largest absolute Gasteiger partial charge is 0.368 e. The lowest BCUT2D eigenvalue weighted by Crippen LogP contribution is -2.49. The lowest BCUT2D eigenvalue weighted by Gasteiger charge is -2.22. The van der Waals surface area contributed by atoms with Gasteiger partial charge in [0.2, 0.25) is 11.8 Å². The maximum atomic E-state index is 11.9. The molecule has 0 spiro atoms. The van der Waals surface area contributed by atoms with E-state index in [0.717, 1.165) is 5.56 Å². The molecule has 0 fully saturated rings. The molecule has 1 atom stereocenters. The zero-order valence-electron chi connectivity index (χ0n) is 11.1. The minimum absolute atomic E-state index is 0.178. The van der Waals surface area contributed by atoms with Gasteiger partial charge in [-0.25, -0.2) is 0 Å². The van der Waals surface area contributed by atoms with Gasteiger partial charge in [-0.3, -0.25) is 9.59 Å². The first-order chi connectivity index (χ1) is 8.30. The average molecular weight is 248 g/mol. The van der Waals surface area contributed by atoms with Crippen LogP contribution >= 0.6 is 0 Å². The van der Waals surface area contributed by atoms with E-state index in [0.29, 0.717) is 6.42 Å². The molecule has 0 unspecified atom stereocenters. The highest BCUT2D eigenvalue weighted by Gasteiger charge is 2.26. The maximum absolute atomic E-state index is 11.9. The summed E-state index contributed by atoms with van der Waals surface area (Å²) in [4.78, 5) is 23.2.